The van der Waals surface area contributed by atoms with E-state index in [0.717, 1.165) is 5.69 Å². The van der Waals surface area contributed by atoms with Gasteiger partial charge in [0, 0.05) is 38.0 Å². The van der Waals surface area contributed by atoms with Crippen LogP contribution in [0.1, 0.15) is 47.4 Å². The van der Waals surface area contributed by atoms with Gasteiger partial charge < -0.3 is 20.0 Å². The number of ketones is 1. The van der Waals surface area contributed by atoms with Gasteiger partial charge in [-0.25, -0.2) is 0 Å². The van der Waals surface area contributed by atoms with E-state index in [1.54, 1.807) is 12.1 Å². The van der Waals surface area contributed by atoms with Crippen LogP contribution in [-0.2, 0) is 9.59 Å². The molecule has 0 spiro atoms. The number of nitro groups is 1. The molecular weight excluding hydrogens is 502 g/mol. The fourth-order valence-corrected chi connectivity index (χ4v) is 5.35. The molecule has 0 saturated carbocycles. The Hall–Kier alpha value is -4.28. The summed E-state index contributed by atoms with van der Waals surface area (Å²) in [6.07, 6.45) is 0.740. The van der Waals surface area contributed by atoms with Gasteiger partial charge in [0.25, 0.3) is 17.5 Å². The number of para-hydroxylation sites is 1. The zero-order chi connectivity index (χ0) is 28.4. The van der Waals surface area contributed by atoms with Crippen LogP contribution in [0.3, 0.4) is 0 Å². The number of nitrogens with one attached hydrogen (secondary N) is 1. The molecule has 2 aromatic carbocycles. The lowest BCUT2D eigenvalue weighted by Crippen LogP contribution is -2.53. The van der Waals surface area contributed by atoms with E-state index in [2.05, 4.69) is 5.32 Å². The average Bonchev–Trinajstić information content (AvgIpc) is 3.48. The van der Waals surface area contributed by atoms with Gasteiger partial charge in [-0.1, -0.05) is 26.0 Å². The Morgan fingerprint density at radius 3 is 2.36 bits per heavy atom. The largest absolute Gasteiger partial charge is 0.378 e. The van der Waals surface area contributed by atoms with Gasteiger partial charge in [-0.2, -0.15) is 0 Å². The number of nitro benzene ring substituents is 1. The number of Topliss-reactive ketones (excluding diaryl/α,β-unsaturated/α-hetero) is 1. The molecule has 3 atom stereocenters. The molecule has 4 rings (SSSR count). The number of benzene rings is 2. The first-order valence-electron chi connectivity index (χ1n) is 13.0. The fourth-order valence-electron chi connectivity index (χ4n) is 5.35. The molecular formula is C28H33N5O6. The second-order valence-corrected chi connectivity index (χ2v) is 10.6. The monoisotopic (exact) mass is 535 g/mol. The zero-order valence-electron chi connectivity index (χ0n) is 22.5. The van der Waals surface area contributed by atoms with Crippen LogP contribution in [-0.4, -0.2) is 83.5 Å². The van der Waals surface area contributed by atoms with Crippen LogP contribution in [0.15, 0.2) is 48.5 Å². The van der Waals surface area contributed by atoms with Crippen LogP contribution < -0.4 is 10.2 Å². The third kappa shape index (κ3) is 5.62. The lowest BCUT2D eigenvalue weighted by atomic mass is 10.0. The Kier molecular flexibility index (Phi) is 7.98. The number of hydrogen-bond acceptors (Lipinski definition) is 7. The first-order chi connectivity index (χ1) is 18.5. The van der Waals surface area contributed by atoms with Crippen molar-refractivity contribution >= 4 is 34.9 Å². The topological polar surface area (TPSA) is 133 Å². The van der Waals surface area contributed by atoms with E-state index in [0.29, 0.717) is 18.4 Å². The molecule has 206 valence electrons. The van der Waals surface area contributed by atoms with E-state index < -0.39 is 29.0 Å². The lowest BCUT2D eigenvalue weighted by Gasteiger charge is -2.29. The number of amides is 3. The maximum atomic E-state index is 13.7. The van der Waals surface area contributed by atoms with E-state index >= 15 is 0 Å². The number of nitrogens with zero attached hydrogens (tertiary/aromatic N) is 4. The minimum atomic E-state index is -0.852. The van der Waals surface area contributed by atoms with Gasteiger partial charge in [-0.05, 0) is 49.1 Å². The van der Waals surface area contributed by atoms with Crippen LogP contribution in [0.2, 0.25) is 0 Å². The number of carbonyl (C=O) groups is 4. The summed E-state index contributed by atoms with van der Waals surface area (Å²) in [5.74, 6) is -1.58. The van der Waals surface area contributed by atoms with Crippen molar-refractivity contribution in [3.05, 3.63) is 69.8 Å². The van der Waals surface area contributed by atoms with E-state index in [4.69, 9.17) is 0 Å². The predicted molar refractivity (Wildman–Crippen MR) is 145 cm³/mol. The molecule has 3 amide bonds. The molecule has 2 aliphatic rings. The van der Waals surface area contributed by atoms with Crippen molar-refractivity contribution in [2.75, 3.05) is 32.1 Å². The number of fused-ring (bicyclic) bond motifs is 1. The molecule has 11 nitrogen and oxygen atoms in total. The first kappa shape index (κ1) is 27.7. The summed E-state index contributed by atoms with van der Waals surface area (Å²) in [5.41, 5.74) is 0.928. The van der Waals surface area contributed by atoms with Gasteiger partial charge in [0.1, 0.15) is 17.6 Å². The summed E-state index contributed by atoms with van der Waals surface area (Å²) >= 11 is 0. The normalized spacial score (nSPS) is 19.2. The van der Waals surface area contributed by atoms with Crippen LogP contribution >= 0.6 is 0 Å². The molecule has 2 aliphatic heterocycles. The zero-order valence-corrected chi connectivity index (χ0v) is 22.5. The minimum Gasteiger partial charge on any atom is -0.378 e. The summed E-state index contributed by atoms with van der Waals surface area (Å²) in [5, 5.41) is 14.3. The second kappa shape index (κ2) is 11.2. The summed E-state index contributed by atoms with van der Waals surface area (Å²) in [7, 11) is 3.80. The summed E-state index contributed by atoms with van der Waals surface area (Å²) in [4.78, 5) is 68.7. The average molecular weight is 536 g/mol. The van der Waals surface area contributed by atoms with Crippen LogP contribution in [0.5, 0.6) is 0 Å². The fraction of sp³-hybridized carbons (Fsp3) is 0.429. The quantitative estimate of drug-likeness (QED) is 0.406. The Labute approximate surface area is 226 Å². The van der Waals surface area contributed by atoms with Gasteiger partial charge in [-0.3, -0.25) is 29.3 Å². The van der Waals surface area contributed by atoms with Crippen LogP contribution in [0.4, 0.5) is 11.4 Å². The molecule has 2 heterocycles. The number of likely N-dealkylation sites (tertiary alicyclic amines) is 2. The van der Waals surface area contributed by atoms with Gasteiger partial charge >= 0.3 is 0 Å². The van der Waals surface area contributed by atoms with E-state index in [1.165, 1.54) is 34.1 Å². The molecule has 0 aromatic heterocycles. The standard InChI is InChI=1S/C28H33N5O6/c1-17(2)15-21(29-26(35)18-9-11-19(12-10-18)30(3)4)28(37)31-14-13-23-25(31)24(34)16-32(23)27(36)20-7-5-6-8-22(20)33(38)39/h5-12,17,21,23,25H,13-16H2,1-4H3,(H,29,35)/t21-,23?,25?/m0/s1. The van der Waals surface area contributed by atoms with Crippen molar-refractivity contribution in [1.82, 2.24) is 15.1 Å². The third-order valence-electron chi connectivity index (χ3n) is 7.25. The maximum absolute atomic E-state index is 13.7. The maximum Gasteiger partial charge on any atom is 0.282 e. The SMILES string of the molecule is CC(C)C[C@H](NC(=O)c1ccc(N(C)C)cc1)C(=O)N1CCC2C1C(=O)CN2C(=O)c1ccccc1[N+](=O)[O-]. The Morgan fingerprint density at radius 1 is 1.08 bits per heavy atom. The Bertz CT molecular complexity index is 1290. The van der Waals surface area contributed by atoms with Crippen molar-refractivity contribution in [3.63, 3.8) is 0 Å². The molecule has 0 bridgehead atoms. The van der Waals surface area contributed by atoms with Crippen molar-refractivity contribution in [3.8, 4) is 0 Å². The van der Waals surface area contributed by atoms with Crippen molar-refractivity contribution < 1.29 is 24.1 Å². The Morgan fingerprint density at radius 2 is 1.74 bits per heavy atom. The smallest absolute Gasteiger partial charge is 0.282 e. The number of hydrogen-bond donors (Lipinski definition) is 1. The molecule has 11 heteroatoms. The molecule has 2 aromatic rings. The van der Waals surface area contributed by atoms with Crippen molar-refractivity contribution in [2.24, 2.45) is 5.92 Å². The van der Waals surface area contributed by atoms with E-state index in [9.17, 15) is 29.3 Å². The molecule has 1 N–H and O–H groups in total. The molecule has 2 unspecified atom stereocenters. The number of anilines is 1. The summed E-state index contributed by atoms with van der Waals surface area (Å²) < 4.78 is 0. The molecule has 2 fully saturated rings. The van der Waals surface area contributed by atoms with Gasteiger partial charge in [-0.15, -0.1) is 0 Å². The number of carbonyl (C=O) groups excluding carboxylic acids is 4. The lowest BCUT2D eigenvalue weighted by molar-refractivity contribution is -0.385. The van der Waals surface area contributed by atoms with Crippen molar-refractivity contribution in [2.45, 2.75) is 44.8 Å². The highest BCUT2D eigenvalue weighted by atomic mass is 16.6. The van der Waals surface area contributed by atoms with Crippen LogP contribution in [0.25, 0.3) is 0 Å². The molecule has 39 heavy (non-hydrogen) atoms. The highest BCUT2D eigenvalue weighted by Gasteiger charge is 2.52. The van der Waals surface area contributed by atoms with Gasteiger partial charge in [0.15, 0.2) is 5.78 Å². The molecule has 2 saturated heterocycles. The number of rotatable bonds is 8. The van der Waals surface area contributed by atoms with Gasteiger partial charge in [0.2, 0.25) is 5.91 Å². The van der Waals surface area contributed by atoms with Gasteiger partial charge in [0.05, 0.1) is 17.5 Å². The summed E-state index contributed by atoms with van der Waals surface area (Å²) in [6, 6.07) is 10.4. The Balaban J connectivity index is 1.52. The minimum absolute atomic E-state index is 0.0877. The highest BCUT2D eigenvalue weighted by molar-refractivity contribution is 6.05. The molecule has 0 aliphatic carbocycles. The highest BCUT2D eigenvalue weighted by Crippen LogP contribution is 2.33. The summed E-state index contributed by atoms with van der Waals surface area (Å²) in [6.45, 7) is 3.89. The van der Waals surface area contributed by atoms with E-state index in [1.807, 2.05) is 45.0 Å². The molecule has 0 radical (unpaired) electrons. The third-order valence-corrected chi connectivity index (χ3v) is 7.25. The second-order valence-electron chi connectivity index (χ2n) is 10.6. The first-order valence-corrected chi connectivity index (χ1v) is 13.0. The van der Waals surface area contributed by atoms with Crippen LogP contribution in [0, 0.1) is 16.0 Å². The predicted octanol–water partition coefficient (Wildman–Crippen LogP) is 2.50. The van der Waals surface area contributed by atoms with Crippen molar-refractivity contribution in [1.29, 1.82) is 0 Å². The van der Waals surface area contributed by atoms with E-state index in [-0.39, 0.29) is 47.9 Å².